The van der Waals surface area contributed by atoms with Crippen molar-refractivity contribution in [1.29, 1.82) is 0 Å². The van der Waals surface area contributed by atoms with E-state index in [0.717, 1.165) is 6.42 Å². The zero-order valence-electron chi connectivity index (χ0n) is 7.86. The van der Waals surface area contributed by atoms with Crippen LogP contribution in [0.4, 0.5) is 0 Å². The molecule has 0 amide bonds. The molecule has 0 heterocycles. The van der Waals surface area contributed by atoms with Crippen LogP contribution in [-0.4, -0.2) is 10.6 Å². The van der Waals surface area contributed by atoms with Crippen LogP contribution in [0.1, 0.15) is 33.6 Å². The van der Waals surface area contributed by atoms with Gasteiger partial charge in [0.1, 0.15) is 0 Å². The summed E-state index contributed by atoms with van der Waals surface area (Å²) in [5.41, 5.74) is 0.157. The lowest BCUT2D eigenvalue weighted by molar-refractivity contribution is -0.127. The molecule has 12 heavy (non-hydrogen) atoms. The first-order valence-electron chi connectivity index (χ1n) is 4.59. The van der Waals surface area contributed by atoms with E-state index in [1.807, 2.05) is 0 Å². The number of hydrogen-bond acceptors (Lipinski definition) is 1. The Morgan fingerprint density at radius 2 is 2.00 bits per heavy atom. The molecular formula is C10H15BrO. The Kier molecular flexibility index (Phi) is 1.56. The number of Topliss-reactive ketones (excluding diaryl/α,β-unsaturated/α-hetero) is 1. The number of carbonyl (C=O) groups is 1. The maximum Gasteiger partial charge on any atom is 0.153 e. The molecule has 2 aliphatic rings. The summed E-state index contributed by atoms with van der Waals surface area (Å²) in [5.74, 6) is 0.999. The molecule has 0 aromatic heterocycles. The lowest BCUT2D eigenvalue weighted by Gasteiger charge is -2.32. The van der Waals surface area contributed by atoms with Gasteiger partial charge in [0.05, 0.1) is 4.83 Å². The number of fused-ring (bicyclic) bond motifs is 2. The van der Waals surface area contributed by atoms with Gasteiger partial charge in [-0.25, -0.2) is 0 Å². The van der Waals surface area contributed by atoms with Crippen LogP contribution in [-0.2, 0) is 4.79 Å². The third-order valence-corrected chi connectivity index (χ3v) is 5.51. The van der Waals surface area contributed by atoms with Gasteiger partial charge in [-0.2, -0.15) is 0 Å². The fraction of sp³-hybridized carbons (Fsp3) is 0.900. The molecule has 0 aromatic carbocycles. The van der Waals surface area contributed by atoms with Gasteiger partial charge < -0.3 is 0 Å². The molecule has 2 rings (SSSR count). The predicted octanol–water partition coefficient (Wildman–Crippen LogP) is 2.78. The normalized spacial score (nSPS) is 50.2. The lowest BCUT2D eigenvalue weighted by Crippen LogP contribution is -2.33. The molecule has 0 radical (unpaired) electrons. The Balaban J connectivity index is 2.50. The van der Waals surface area contributed by atoms with E-state index in [2.05, 4.69) is 36.7 Å². The minimum atomic E-state index is -0.0498. The van der Waals surface area contributed by atoms with Crippen molar-refractivity contribution in [2.75, 3.05) is 0 Å². The van der Waals surface area contributed by atoms with E-state index in [1.54, 1.807) is 0 Å². The number of ketones is 1. The summed E-state index contributed by atoms with van der Waals surface area (Å²) < 4.78 is 0. The molecule has 2 bridgehead atoms. The van der Waals surface area contributed by atoms with E-state index in [4.69, 9.17) is 0 Å². The first kappa shape index (κ1) is 8.74. The van der Waals surface area contributed by atoms with E-state index in [1.165, 1.54) is 6.42 Å². The maximum atomic E-state index is 11.9. The highest BCUT2D eigenvalue weighted by Crippen LogP contribution is 2.65. The van der Waals surface area contributed by atoms with E-state index in [9.17, 15) is 4.79 Å². The molecule has 0 aromatic rings. The fourth-order valence-corrected chi connectivity index (χ4v) is 4.41. The average molecular weight is 231 g/mol. The molecule has 2 heteroatoms. The SMILES string of the molecule is CC1(C)[C@H]2CC[C@@]1(C)C(=O)[C@H]2Br. The van der Waals surface area contributed by atoms with Crippen LogP contribution in [0.25, 0.3) is 0 Å². The van der Waals surface area contributed by atoms with Gasteiger partial charge in [0.15, 0.2) is 5.78 Å². The molecule has 2 fully saturated rings. The van der Waals surface area contributed by atoms with Gasteiger partial charge in [0.2, 0.25) is 0 Å². The zero-order chi connectivity index (χ0) is 9.15. The predicted molar refractivity (Wildman–Crippen MR) is 52.3 cm³/mol. The van der Waals surface area contributed by atoms with Gasteiger partial charge in [0.25, 0.3) is 0 Å². The number of rotatable bonds is 0. The summed E-state index contributed by atoms with van der Waals surface area (Å²) in [4.78, 5) is 12.0. The minimum Gasteiger partial charge on any atom is -0.298 e. The summed E-state index contributed by atoms with van der Waals surface area (Å²) in [6.45, 7) is 6.62. The summed E-state index contributed by atoms with van der Waals surface area (Å²) in [6.07, 6.45) is 2.30. The molecule has 0 unspecified atom stereocenters. The van der Waals surface area contributed by atoms with Crippen molar-refractivity contribution in [3.63, 3.8) is 0 Å². The smallest absolute Gasteiger partial charge is 0.153 e. The Morgan fingerprint density at radius 1 is 1.42 bits per heavy atom. The second-order valence-electron chi connectivity index (χ2n) is 4.96. The molecule has 2 aliphatic carbocycles. The van der Waals surface area contributed by atoms with E-state index >= 15 is 0 Å². The van der Waals surface area contributed by atoms with Crippen LogP contribution in [0.3, 0.4) is 0 Å². The summed E-state index contributed by atoms with van der Waals surface area (Å²) in [5, 5.41) is 0. The fourth-order valence-electron chi connectivity index (χ4n) is 2.98. The molecule has 0 saturated heterocycles. The van der Waals surface area contributed by atoms with Crippen LogP contribution in [0.5, 0.6) is 0 Å². The Morgan fingerprint density at radius 3 is 2.25 bits per heavy atom. The molecule has 2 saturated carbocycles. The van der Waals surface area contributed by atoms with Crippen molar-refractivity contribution in [3.8, 4) is 0 Å². The van der Waals surface area contributed by atoms with Crippen molar-refractivity contribution in [1.82, 2.24) is 0 Å². The van der Waals surface area contributed by atoms with Crippen LogP contribution in [0.15, 0.2) is 0 Å². The van der Waals surface area contributed by atoms with Crippen molar-refractivity contribution in [3.05, 3.63) is 0 Å². The Hall–Kier alpha value is 0.150. The van der Waals surface area contributed by atoms with E-state index in [0.29, 0.717) is 11.7 Å². The van der Waals surface area contributed by atoms with Crippen molar-refractivity contribution >= 4 is 21.7 Å². The van der Waals surface area contributed by atoms with Crippen LogP contribution in [0, 0.1) is 16.7 Å². The van der Waals surface area contributed by atoms with E-state index < -0.39 is 0 Å². The van der Waals surface area contributed by atoms with Gasteiger partial charge in [-0.05, 0) is 24.2 Å². The van der Waals surface area contributed by atoms with Gasteiger partial charge in [-0.3, -0.25) is 4.79 Å². The third-order valence-electron chi connectivity index (χ3n) is 4.45. The molecular weight excluding hydrogens is 216 g/mol. The first-order valence-corrected chi connectivity index (χ1v) is 5.51. The van der Waals surface area contributed by atoms with Crippen molar-refractivity contribution in [2.45, 2.75) is 38.4 Å². The zero-order valence-corrected chi connectivity index (χ0v) is 9.44. The largest absolute Gasteiger partial charge is 0.298 e. The van der Waals surface area contributed by atoms with Crippen molar-refractivity contribution in [2.24, 2.45) is 16.7 Å². The highest BCUT2D eigenvalue weighted by atomic mass is 79.9. The van der Waals surface area contributed by atoms with Gasteiger partial charge >= 0.3 is 0 Å². The average Bonchev–Trinajstić information content (AvgIpc) is 2.26. The Labute approximate surface area is 82.0 Å². The van der Waals surface area contributed by atoms with Gasteiger partial charge in [-0.15, -0.1) is 0 Å². The number of carbonyl (C=O) groups excluding carboxylic acids is 1. The second kappa shape index (κ2) is 2.14. The topological polar surface area (TPSA) is 17.1 Å². The summed E-state index contributed by atoms with van der Waals surface area (Å²) in [6, 6.07) is 0. The summed E-state index contributed by atoms with van der Waals surface area (Å²) in [7, 11) is 0. The van der Waals surface area contributed by atoms with E-state index in [-0.39, 0.29) is 15.7 Å². The highest BCUT2D eigenvalue weighted by molar-refractivity contribution is 9.10. The minimum absolute atomic E-state index is 0.0498. The van der Waals surface area contributed by atoms with Gasteiger partial charge in [-0.1, -0.05) is 36.7 Å². The monoisotopic (exact) mass is 230 g/mol. The second-order valence-corrected chi connectivity index (χ2v) is 5.95. The Bertz CT molecular complexity index is 246. The number of hydrogen-bond donors (Lipinski definition) is 0. The molecule has 68 valence electrons. The van der Waals surface area contributed by atoms with Crippen LogP contribution < -0.4 is 0 Å². The molecule has 0 N–H and O–H groups in total. The van der Waals surface area contributed by atoms with Crippen molar-refractivity contribution < 1.29 is 4.79 Å². The third kappa shape index (κ3) is 0.688. The van der Waals surface area contributed by atoms with Crippen LogP contribution >= 0.6 is 15.9 Å². The highest BCUT2D eigenvalue weighted by Gasteiger charge is 2.65. The van der Waals surface area contributed by atoms with Gasteiger partial charge in [0, 0.05) is 5.41 Å². The number of alkyl halides is 1. The molecule has 0 spiro atoms. The quantitative estimate of drug-likeness (QED) is 0.586. The molecule has 1 nitrogen and oxygen atoms in total. The lowest BCUT2D eigenvalue weighted by atomic mass is 9.70. The standard InChI is InChI=1S/C10H15BrO/c1-9(2)6-4-5-10(9,3)8(12)7(6)11/h6-7H,4-5H2,1-3H3/t6-,7-,10-/m0/s1. The maximum absolute atomic E-state index is 11.9. The van der Waals surface area contributed by atoms with Crippen LogP contribution in [0.2, 0.25) is 0 Å². The number of halogens is 1. The first-order chi connectivity index (χ1) is 5.41. The summed E-state index contributed by atoms with van der Waals surface area (Å²) >= 11 is 3.52. The molecule has 3 atom stereocenters. The molecule has 0 aliphatic heterocycles.